The average Bonchev–Trinajstić information content (AvgIpc) is 2.15. The van der Waals surface area contributed by atoms with Crippen molar-refractivity contribution in [2.24, 2.45) is 0 Å². The van der Waals surface area contributed by atoms with Crippen LogP contribution in [0.15, 0.2) is 6.20 Å². The molecule has 2 N–H and O–H groups in total. The predicted octanol–water partition coefficient (Wildman–Crippen LogP) is 1.38. The molecule has 0 saturated heterocycles. The number of nitrogens with two attached hydrogens (primary N) is 1. The Balaban J connectivity index is 3.51. The third kappa shape index (κ3) is 1.80. The smallest absolute Gasteiger partial charge is 0.310 e. The van der Waals surface area contributed by atoms with Gasteiger partial charge in [-0.05, 0) is 0 Å². The van der Waals surface area contributed by atoms with E-state index in [1.54, 1.807) is 0 Å². The van der Waals surface area contributed by atoms with Gasteiger partial charge >= 0.3 is 5.69 Å². The van der Waals surface area contributed by atoms with Crippen LogP contribution >= 0.6 is 0 Å². The topological polar surface area (TPSA) is 106 Å². The number of halogens is 2. The first-order valence-corrected chi connectivity index (χ1v) is 3.60. The number of pyridine rings is 1. The summed E-state index contributed by atoms with van der Waals surface area (Å²) >= 11 is 0. The maximum absolute atomic E-state index is 12.4. The molecule has 0 amide bonds. The van der Waals surface area contributed by atoms with Crippen LogP contribution < -0.4 is 5.73 Å². The largest absolute Gasteiger partial charge is 0.393 e. The van der Waals surface area contributed by atoms with Crippen LogP contribution in [0.25, 0.3) is 0 Å². The van der Waals surface area contributed by atoms with E-state index in [0.717, 1.165) is 0 Å². The summed E-state index contributed by atoms with van der Waals surface area (Å²) in [6.45, 7) is 0. The molecule has 1 heterocycles. The van der Waals surface area contributed by atoms with Crippen molar-refractivity contribution >= 4 is 11.4 Å². The molecule has 0 aliphatic rings. The summed E-state index contributed by atoms with van der Waals surface area (Å²) in [7, 11) is 0. The lowest BCUT2D eigenvalue weighted by molar-refractivity contribution is -0.384. The molecule has 78 valence electrons. The van der Waals surface area contributed by atoms with Crippen LogP contribution in [-0.2, 0) is 0 Å². The predicted molar refractivity (Wildman–Crippen MR) is 45.0 cm³/mol. The molecule has 0 aromatic carbocycles. The highest BCUT2D eigenvalue weighted by Gasteiger charge is 2.25. The van der Waals surface area contributed by atoms with E-state index in [0.29, 0.717) is 6.20 Å². The van der Waals surface area contributed by atoms with Gasteiger partial charge in [0.05, 0.1) is 10.5 Å². The second kappa shape index (κ2) is 3.83. The van der Waals surface area contributed by atoms with Crippen molar-refractivity contribution in [1.82, 2.24) is 4.98 Å². The fraction of sp³-hybridized carbons (Fsp3) is 0.143. The Hall–Kier alpha value is -2.30. The maximum Gasteiger partial charge on any atom is 0.310 e. The van der Waals surface area contributed by atoms with E-state index >= 15 is 0 Å². The van der Waals surface area contributed by atoms with Crippen LogP contribution in [0.2, 0.25) is 0 Å². The molecule has 0 unspecified atom stereocenters. The maximum atomic E-state index is 12.4. The summed E-state index contributed by atoms with van der Waals surface area (Å²) in [6, 6.07) is 1.39. The Bertz CT molecular complexity index is 455. The van der Waals surface area contributed by atoms with Gasteiger partial charge in [-0.1, -0.05) is 0 Å². The van der Waals surface area contributed by atoms with Crippen LogP contribution in [0, 0.1) is 21.4 Å². The van der Waals surface area contributed by atoms with Crippen LogP contribution in [0.1, 0.15) is 17.7 Å². The number of aromatic nitrogens is 1. The van der Waals surface area contributed by atoms with E-state index in [-0.39, 0.29) is 0 Å². The summed E-state index contributed by atoms with van der Waals surface area (Å²) < 4.78 is 24.9. The zero-order valence-electron chi connectivity index (χ0n) is 7.15. The number of nitrogens with zero attached hydrogens (tertiary/aromatic N) is 3. The summed E-state index contributed by atoms with van der Waals surface area (Å²) in [5.41, 5.74) is 2.20. The van der Waals surface area contributed by atoms with Crippen LogP contribution in [0.3, 0.4) is 0 Å². The molecular formula is C7H4F2N4O2. The third-order valence-corrected chi connectivity index (χ3v) is 1.66. The molecule has 0 atom stereocenters. The molecule has 0 saturated carbocycles. The highest BCUT2D eigenvalue weighted by Crippen LogP contribution is 2.33. The molecule has 0 aliphatic heterocycles. The average molecular weight is 214 g/mol. The van der Waals surface area contributed by atoms with Crippen molar-refractivity contribution in [2.45, 2.75) is 6.43 Å². The lowest BCUT2D eigenvalue weighted by atomic mass is 10.1. The van der Waals surface area contributed by atoms with Gasteiger partial charge in [0.2, 0.25) is 0 Å². The number of hydrogen-bond donors (Lipinski definition) is 1. The van der Waals surface area contributed by atoms with Crippen LogP contribution in [0.5, 0.6) is 0 Å². The van der Waals surface area contributed by atoms with Gasteiger partial charge in [-0.2, -0.15) is 5.26 Å². The first-order chi connectivity index (χ1) is 6.99. The first-order valence-electron chi connectivity index (χ1n) is 3.60. The molecular weight excluding hydrogens is 210 g/mol. The van der Waals surface area contributed by atoms with Crippen molar-refractivity contribution in [1.29, 1.82) is 5.26 Å². The van der Waals surface area contributed by atoms with E-state index < -0.39 is 34.0 Å². The molecule has 6 nitrogen and oxygen atoms in total. The molecule has 1 rings (SSSR count). The van der Waals surface area contributed by atoms with Crippen molar-refractivity contribution in [2.75, 3.05) is 5.73 Å². The number of nitro groups is 1. The first kappa shape index (κ1) is 10.8. The third-order valence-electron chi connectivity index (χ3n) is 1.66. The van der Waals surface area contributed by atoms with E-state index in [4.69, 9.17) is 11.0 Å². The Kier molecular flexibility index (Phi) is 2.75. The Morgan fingerprint density at radius 1 is 1.67 bits per heavy atom. The number of nitrogen functional groups attached to an aromatic ring is 1. The standard InChI is InChI=1S/C7H4F2N4O2/c8-7(9)5-3(1-10)12-2-4(6(5)11)13(14)15/h2,7H,(H2,11,12). The van der Waals surface area contributed by atoms with Crippen LogP contribution in [-0.4, -0.2) is 9.91 Å². The van der Waals surface area contributed by atoms with Crippen molar-refractivity contribution in [3.05, 3.63) is 27.6 Å². The minimum atomic E-state index is -3.08. The van der Waals surface area contributed by atoms with E-state index in [9.17, 15) is 18.9 Å². The number of anilines is 1. The van der Waals surface area contributed by atoms with Gasteiger partial charge < -0.3 is 5.73 Å². The lowest BCUT2D eigenvalue weighted by Crippen LogP contribution is -2.05. The molecule has 0 spiro atoms. The fourth-order valence-electron chi connectivity index (χ4n) is 0.986. The molecule has 1 aromatic heterocycles. The second-order valence-corrected chi connectivity index (χ2v) is 2.49. The normalized spacial score (nSPS) is 10.0. The summed E-state index contributed by atoms with van der Waals surface area (Å²) in [4.78, 5) is 12.7. The SMILES string of the molecule is N#Cc1ncc([N+](=O)[O-])c(N)c1C(F)F. The Morgan fingerprint density at radius 2 is 2.27 bits per heavy atom. The number of hydrogen-bond acceptors (Lipinski definition) is 5. The minimum Gasteiger partial charge on any atom is -0.393 e. The van der Waals surface area contributed by atoms with E-state index in [1.807, 2.05) is 0 Å². The molecule has 0 aliphatic carbocycles. The van der Waals surface area contributed by atoms with Gasteiger partial charge in [0, 0.05) is 0 Å². The van der Waals surface area contributed by atoms with E-state index in [2.05, 4.69) is 4.98 Å². The van der Waals surface area contributed by atoms with Gasteiger partial charge in [0.25, 0.3) is 6.43 Å². The summed E-state index contributed by atoms with van der Waals surface area (Å²) in [5, 5.41) is 18.8. The van der Waals surface area contributed by atoms with Crippen molar-refractivity contribution in [3.63, 3.8) is 0 Å². The zero-order valence-corrected chi connectivity index (χ0v) is 7.15. The van der Waals surface area contributed by atoms with Crippen molar-refractivity contribution < 1.29 is 13.7 Å². The highest BCUT2D eigenvalue weighted by atomic mass is 19.3. The van der Waals surface area contributed by atoms with Crippen molar-refractivity contribution in [3.8, 4) is 6.07 Å². The summed E-state index contributed by atoms with van der Waals surface area (Å²) in [6.07, 6.45) is -2.40. The quantitative estimate of drug-likeness (QED) is 0.591. The number of rotatable bonds is 2. The van der Waals surface area contributed by atoms with Crippen LogP contribution in [0.4, 0.5) is 20.2 Å². The van der Waals surface area contributed by atoms with Gasteiger partial charge in [-0.15, -0.1) is 0 Å². The molecule has 8 heteroatoms. The number of nitriles is 1. The molecule has 0 bridgehead atoms. The number of alkyl halides is 2. The fourth-order valence-corrected chi connectivity index (χ4v) is 0.986. The Morgan fingerprint density at radius 3 is 2.67 bits per heavy atom. The van der Waals surface area contributed by atoms with Gasteiger partial charge in [-0.3, -0.25) is 10.1 Å². The van der Waals surface area contributed by atoms with E-state index in [1.165, 1.54) is 6.07 Å². The van der Waals surface area contributed by atoms with Gasteiger partial charge in [-0.25, -0.2) is 13.8 Å². The summed E-state index contributed by atoms with van der Waals surface area (Å²) in [5.74, 6) is 0. The molecule has 15 heavy (non-hydrogen) atoms. The highest BCUT2D eigenvalue weighted by molar-refractivity contribution is 5.65. The lowest BCUT2D eigenvalue weighted by Gasteiger charge is -2.05. The van der Waals surface area contributed by atoms with Gasteiger partial charge in [0.1, 0.15) is 18.0 Å². The molecule has 1 aromatic rings. The second-order valence-electron chi connectivity index (χ2n) is 2.49. The molecule has 0 fully saturated rings. The zero-order chi connectivity index (χ0) is 11.6. The Labute approximate surface area is 82.1 Å². The molecule has 0 radical (unpaired) electrons. The monoisotopic (exact) mass is 214 g/mol. The van der Waals surface area contributed by atoms with Gasteiger partial charge in [0.15, 0.2) is 5.69 Å². The minimum absolute atomic E-state index is 0.604.